The first-order valence-electron chi connectivity index (χ1n) is 4.14. The fourth-order valence-corrected chi connectivity index (χ4v) is 2.42. The first-order valence-corrected chi connectivity index (χ1v) is 5.02. The van der Waals surface area contributed by atoms with Crippen LogP contribution in [0.2, 0.25) is 0 Å². The Bertz CT molecular complexity index is 462. The zero-order valence-corrected chi connectivity index (χ0v) is 8.47. The molecule has 14 heavy (non-hydrogen) atoms. The molecule has 0 fully saturated rings. The summed E-state index contributed by atoms with van der Waals surface area (Å²) >= 11 is 1.53. The van der Waals surface area contributed by atoms with Gasteiger partial charge in [0, 0.05) is 10.1 Å². The molecule has 2 N–H and O–H groups in total. The summed E-state index contributed by atoms with van der Waals surface area (Å²) in [4.78, 5) is 0. The maximum absolute atomic E-state index is 9.54. The third-order valence-electron chi connectivity index (χ3n) is 2.12. The Labute approximate surface area is 85.2 Å². The van der Waals surface area contributed by atoms with Gasteiger partial charge in [0.1, 0.15) is 0 Å². The number of aliphatic hydroxyl groups is 1. The Hall–Kier alpha value is -1.26. The van der Waals surface area contributed by atoms with Gasteiger partial charge in [0.25, 0.3) is 0 Å². The number of aromatic hydroxyl groups is 1. The van der Waals surface area contributed by atoms with Crippen LogP contribution >= 0.6 is 11.3 Å². The third kappa shape index (κ3) is 1.23. The molecular formula is C10H10O3S. The third-order valence-corrected chi connectivity index (χ3v) is 3.12. The highest BCUT2D eigenvalue weighted by Gasteiger charge is 2.12. The number of rotatable bonds is 2. The van der Waals surface area contributed by atoms with Gasteiger partial charge in [-0.05, 0) is 23.1 Å². The SMILES string of the molecule is COc1c(O)ccc2scc(CO)c12. The van der Waals surface area contributed by atoms with E-state index in [0.717, 1.165) is 15.6 Å². The average Bonchev–Trinajstić information content (AvgIpc) is 2.61. The molecule has 0 aliphatic heterocycles. The highest BCUT2D eigenvalue weighted by Crippen LogP contribution is 2.39. The van der Waals surface area contributed by atoms with Crippen molar-refractivity contribution in [2.45, 2.75) is 6.61 Å². The van der Waals surface area contributed by atoms with Crippen molar-refractivity contribution in [3.8, 4) is 11.5 Å². The van der Waals surface area contributed by atoms with Crippen molar-refractivity contribution in [1.29, 1.82) is 0 Å². The minimum absolute atomic E-state index is 0.0419. The van der Waals surface area contributed by atoms with Crippen LogP contribution in [-0.4, -0.2) is 17.3 Å². The van der Waals surface area contributed by atoms with E-state index in [2.05, 4.69) is 0 Å². The molecule has 2 rings (SSSR count). The van der Waals surface area contributed by atoms with E-state index in [1.165, 1.54) is 18.4 Å². The molecule has 0 aliphatic carbocycles. The molecule has 0 unspecified atom stereocenters. The number of thiophene rings is 1. The molecule has 1 aromatic heterocycles. The number of methoxy groups -OCH3 is 1. The summed E-state index contributed by atoms with van der Waals surface area (Å²) in [5, 5.41) is 21.3. The Balaban J connectivity index is 2.81. The first-order chi connectivity index (χ1) is 6.77. The molecule has 0 saturated heterocycles. The fraction of sp³-hybridized carbons (Fsp3) is 0.200. The van der Waals surface area contributed by atoms with E-state index in [1.54, 1.807) is 6.07 Å². The Kier molecular flexibility index (Phi) is 2.31. The van der Waals surface area contributed by atoms with Crippen molar-refractivity contribution in [1.82, 2.24) is 0 Å². The number of ether oxygens (including phenoxy) is 1. The normalized spacial score (nSPS) is 10.7. The standard InChI is InChI=1S/C10H10O3S/c1-13-10-7(12)2-3-8-9(10)6(4-11)5-14-8/h2-3,5,11-12H,4H2,1H3. The van der Waals surface area contributed by atoms with E-state index in [0.29, 0.717) is 5.75 Å². The van der Waals surface area contributed by atoms with E-state index >= 15 is 0 Å². The molecule has 1 aromatic carbocycles. The predicted molar refractivity (Wildman–Crippen MR) is 56.0 cm³/mol. The van der Waals surface area contributed by atoms with Gasteiger partial charge >= 0.3 is 0 Å². The van der Waals surface area contributed by atoms with Crippen LogP contribution in [0.15, 0.2) is 17.5 Å². The van der Waals surface area contributed by atoms with Gasteiger partial charge in [-0.25, -0.2) is 0 Å². The lowest BCUT2D eigenvalue weighted by Gasteiger charge is -2.05. The highest BCUT2D eigenvalue weighted by molar-refractivity contribution is 7.17. The van der Waals surface area contributed by atoms with Crippen LogP contribution in [0.4, 0.5) is 0 Å². The summed E-state index contributed by atoms with van der Waals surface area (Å²) in [6.07, 6.45) is 0. The molecule has 74 valence electrons. The minimum atomic E-state index is -0.0419. The summed E-state index contributed by atoms with van der Waals surface area (Å²) in [5.41, 5.74) is 0.790. The zero-order chi connectivity index (χ0) is 10.1. The molecule has 0 atom stereocenters. The second-order valence-electron chi connectivity index (χ2n) is 2.91. The topological polar surface area (TPSA) is 49.7 Å². The number of hydrogen-bond donors (Lipinski definition) is 2. The van der Waals surface area contributed by atoms with Gasteiger partial charge in [0.05, 0.1) is 13.7 Å². The van der Waals surface area contributed by atoms with Gasteiger partial charge in [-0.3, -0.25) is 0 Å². The molecule has 1 heterocycles. The first kappa shape index (κ1) is 9.30. The van der Waals surface area contributed by atoms with Crippen LogP contribution in [0.5, 0.6) is 11.5 Å². The van der Waals surface area contributed by atoms with Crippen LogP contribution in [0.1, 0.15) is 5.56 Å². The van der Waals surface area contributed by atoms with Crippen molar-refractivity contribution >= 4 is 21.4 Å². The lowest BCUT2D eigenvalue weighted by molar-refractivity contribution is 0.283. The van der Waals surface area contributed by atoms with Gasteiger partial charge in [0.2, 0.25) is 0 Å². The summed E-state index contributed by atoms with van der Waals surface area (Å²) in [6.45, 7) is -0.0419. The van der Waals surface area contributed by atoms with Gasteiger partial charge in [0.15, 0.2) is 11.5 Å². The molecule has 3 nitrogen and oxygen atoms in total. The van der Waals surface area contributed by atoms with Crippen LogP contribution < -0.4 is 4.74 Å². The lowest BCUT2D eigenvalue weighted by Crippen LogP contribution is -1.87. The second-order valence-corrected chi connectivity index (χ2v) is 3.82. The van der Waals surface area contributed by atoms with Gasteiger partial charge in [-0.15, -0.1) is 11.3 Å². The number of phenols is 1. The lowest BCUT2D eigenvalue weighted by atomic mass is 10.1. The summed E-state index contributed by atoms with van der Waals surface area (Å²) in [6, 6.07) is 3.41. The van der Waals surface area contributed by atoms with Crippen molar-refractivity contribution < 1.29 is 14.9 Å². The van der Waals surface area contributed by atoms with Gasteiger partial charge in [-0.1, -0.05) is 0 Å². The Morgan fingerprint density at radius 3 is 2.86 bits per heavy atom. The zero-order valence-electron chi connectivity index (χ0n) is 7.65. The van der Waals surface area contributed by atoms with Crippen molar-refractivity contribution in [2.24, 2.45) is 0 Å². The Morgan fingerprint density at radius 2 is 2.21 bits per heavy atom. The molecule has 0 aliphatic rings. The summed E-state index contributed by atoms with van der Waals surface area (Å²) in [7, 11) is 1.51. The van der Waals surface area contributed by atoms with Crippen LogP contribution in [0, 0.1) is 0 Å². The van der Waals surface area contributed by atoms with Crippen molar-refractivity contribution in [3.05, 3.63) is 23.1 Å². The second kappa shape index (κ2) is 3.48. The number of aliphatic hydroxyl groups excluding tert-OH is 1. The molecule has 0 amide bonds. The summed E-state index contributed by atoms with van der Waals surface area (Å²) < 4.78 is 6.11. The fourth-order valence-electron chi connectivity index (χ4n) is 1.47. The summed E-state index contributed by atoms with van der Waals surface area (Å²) in [5.74, 6) is 0.543. The van der Waals surface area contributed by atoms with E-state index in [1.807, 2.05) is 11.4 Å². The van der Waals surface area contributed by atoms with E-state index in [-0.39, 0.29) is 12.4 Å². The number of benzene rings is 1. The van der Waals surface area contributed by atoms with Crippen LogP contribution in [0.25, 0.3) is 10.1 Å². The molecule has 0 saturated carbocycles. The molecule has 0 spiro atoms. The van der Waals surface area contributed by atoms with Gasteiger partial charge in [-0.2, -0.15) is 0 Å². The number of hydrogen-bond acceptors (Lipinski definition) is 4. The molecular weight excluding hydrogens is 200 g/mol. The average molecular weight is 210 g/mol. The van der Waals surface area contributed by atoms with Gasteiger partial charge < -0.3 is 14.9 Å². The molecule has 2 aromatic rings. The number of fused-ring (bicyclic) bond motifs is 1. The van der Waals surface area contributed by atoms with Crippen molar-refractivity contribution in [2.75, 3.05) is 7.11 Å². The maximum Gasteiger partial charge on any atom is 0.169 e. The minimum Gasteiger partial charge on any atom is -0.504 e. The molecule has 0 bridgehead atoms. The monoisotopic (exact) mass is 210 g/mol. The van der Waals surface area contributed by atoms with E-state index in [4.69, 9.17) is 9.84 Å². The Morgan fingerprint density at radius 1 is 1.43 bits per heavy atom. The smallest absolute Gasteiger partial charge is 0.169 e. The van der Waals surface area contributed by atoms with E-state index < -0.39 is 0 Å². The molecule has 4 heteroatoms. The van der Waals surface area contributed by atoms with E-state index in [9.17, 15) is 5.11 Å². The van der Waals surface area contributed by atoms with Crippen LogP contribution in [-0.2, 0) is 6.61 Å². The molecule has 0 radical (unpaired) electrons. The predicted octanol–water partition coefficient (Wildman–Crippen LogP) is 2.11. The largest absolute Gasteiger partial charge is 0.504 e. The van der Waals surface area contributed by atoms with Crippen LogP contribution in [0.3, 0.4) is 0 Å². The highest BCUT2D eigenvalue weighted by atomic mass is 32.1. The van der Waals surface area contributed by atoms with Crippen molar-refractivity contribution in [3.63, 3.8) is 0 Å². The number of phenolic OH excluding ortho intramolecular Hbond substituents is 1. The maximum atomic E-state index is 9.54. The quantitative estimate of drug-likeness (QED) is 0.798.